The molecule has 2 atom stereocenters. The molecular formula is C16H20F3N3O3. The zero-order chi connectivity index (χ0) is 18.2. The number of aromatic amines is 1. The van der Waals surface area contributed by atoms with Crippen LogP contribution in [0, 0.1) is 5.41 Å². The number of aliphatic hydroxyl groups is 1. The molecule has 3 N–H and O–H groups in total. The van der Waals surface area contributed by atoms with Gasteiger partial charge in [0.2, 0.25) is 0 Å². The maximum absolute atomic E-state index is 12.6. The van der Waals surface area contributed by atoms with Crippen LogP contribution in [0.1, 0.15) is 35.3 Å². The van der Waals surface area contributed by atoms with Crippen LogP contribution in [0.2, 0.25) is 0 Å². The lowest BCUT2D eigenvalue weighted by Gasteiger charge is -2.50. The molecule has 0 aliphatic carbocycles. The van der Waals surface area contributed by atoms with E-state index in [1.54, 1.807) is 4.98 Å². The summed E-state index contributed by atoms with van der Waals surface area (Å²) in [4.78, 5) is 27.8. The number of nitrogens with one attached hydrogen (secondary N) is 2. The smallest absolute Gasteiger partial charge is 0.396 e. The molecule has 0 unspecified atom stereocenters. The van der Waals surface area contributed by atoms with Gasteiger partial charge in [-0.3, -0.25) is 9.59 Å². The van der Waals surface area contributed by atoms with Crippen LogP contribution in [-0.2, 0) is 6.18 Å². The summed E-state index contributed by atoms with van der Waals surface area (Å²) in [7, 11) is 0. The molecule has 2 saturated heterocycles. The number of aliphatic hydroxyl groups excluding tert-OH is 1. The molecule has 25 heavy (non-hydrogen) atoms. The summed E-state index contributed by atoms with van der Waals surface area (Å²) in [6, 6.07) is 1.72. The van der Waals surface area contributed by atoms with Gasteiger partial charge in [-0.05, 0) is 37.9 Å². The van der Waals surface area contributed by atoms with Gasteiger partial charge in [-0.15, -0.1) is 0 Å². The molecule has 0 aromatic carbocycles. The van der Waals surface area contributed by atoms with Crippen molar-refractivity contribution in [1.29, 1.82) is 0 Å². The highest BCUT2D eigenvalue weighted by Gasteiger charge is 2.45. The minimum absolute atomic E-state index is 0.0855. The molecule has 9 heteroatoms. The number of rotatable bonds is 2. The van der Waals surface area contributed by atoms with Crippen molar-refractivity contribution in [3.05, 3.63) is 33.7 Å². The Balaban J connectivity index is 1.83. The topological polar surface area (TPSA) is 85.4 Å². The second-order valence-corrected chi connectivity index (χ2v) is 6.76. The van der Waals surface area contributed by atoms with E-state index >= 15 is 0 Å². The molecule has 0 spiro atoms. The van der Waals surface area contributed by atoms with Crippen LogP contribution < -0.4 is 10.9 Å². The number of carbonyl (C=O) groups excluding carboxylic acids is 1. The lowest BCUT2D eigenvalue weighted by Crippen LogP contribution is -2.62. The van der Waals surface area contributed by atoms with E-state index in [2.05, 4.69) is 5.32 Å². The number of alkyl halides is 3. The highest BCUT2D eigenvalue weighted by molar-refractivity contribution is 5.94. The molecule has 3 rings (SSSR count). The first kappa shape index (κ1) is 17.9. The first-order valence-corrected chi connectivity index (χ1v) is 8.21. The summed E-state index contributed by atoms with van der Waals surface area (Å²) >= 11 is 0. The van der Waals surface area contributed by atoms with Crippen molar-refractivity contribution in [1.82, 2.24) is 15.2 Å². The lowest BCUT2D eigenvalue weighted by atomic mass is 9.70. The fraction of sp³-hybridized carbons (Fsp3) is 0.625. The van der Waals surface area contributed by atoms with Crippen LogP contribution in [0.4, 0.5) is 13.2 Å². The molecule has 2 fully saturated rings. The molecule has 6 nitrogen and oxygen atoms in total. The van der Waals surface area contributed by atoms with E-state index in [1.807, 2.05) is 0 Å². The van der Waals surface area contributed by atoms with E-state index in [4.69, 9.17) is 0 Å². The van der Waals surface area contributed by atoms with Gasteiger partial charge in [-0.2, -0.15) is 13.2 Å². The number of aromatic nitrogens is 1. The van der Waals surface area contributed by atoms with Gasteiger partial charge < -0.3 is 20.3 Å². The molecule has 1 aromatic heterocycles. The SMILES string of the molecule is O=C(c1ccc(C(F)(F)F)[nH]c1=O)N1CC[C@H]2NCCC[C@]2(CO)C1. The van der Waals surface area contributed by atoms with Crippen molar-refractivity contribution >= 4 is 5.91 Å². The number of fused-ring (bicyclic) bond motifs is 1. The van der Waals surface area contributed by atoms with Gasteiger partial charge in [0, 0.05) is 24.5 Å². The summed E-state index contributed by atoms with van der Waals surface area (Å²) in [6.45, 7) is 1.44. The van der Waals surface area contributed by atoms with Crippen LogP contribution in [-0.4, -0.2) is 53.2 Å². The predicted molar refractivity (Wildman–Crippen MR) is 83.1 cm³/mol. The largest absolute Gasteiger partial charge is 0.431 e. The number of likely N-dealkylation sites (tertiary alicyclic amines) is 1. The Morgan fingerprint density at radius 1 is 1.40 bits per heavy atom. The molecule has 0 saturated carbocycles. The van der Waals surface area contributed by atoms with E-state index in [0.29, 0.717) is 19.0 Å². The van der Waals surface area contributed by atoms with Gasteiger partial charge in [0.05, 0.1) is 6.61 Å². The number of halogens is 3. The Labute approximate surface area is 142 Å². The number of carbonyl (C=O) groups is 1. The number of amides is 1. The predicted octanol–water partition coefficient (Wildman–Crippen LogP) is 0.970. The van der Waals surface area contributed by atoms with Gasteiger partial charge >= 0.3 is 6.18 Å². The minimum Gasteiger partial charge on any atom is -0.396 e. The lowest BCUT2D eigenvalue weighted by molar-refractivity contribution is -0.141. The normalized spacial score (nSPS) is 27.0. The van der Waals surface area contributed by atoms with E-state index in [0.717, 1.165) is 25.5 Å². The minimum atomic E-state index is -4.67. The highest BCUT2D eigenvalue weighted by atomic mass is 19.4. The standard InChI is InChI=1S/C16H20F3N3O3/c17-16(18,19)12-3-2-10(13(24)21-12)14(25)22-7-4-11-15(8-22,9-23)5-1-6-20-11/h2-3,11,20,23H,1,4-9H2,(H,21,24)/t11-,15-/m1/s1. The Bertz CT molecular complexity index is 719. The number of hydrogen-bond donors (Lipinski definition) is 3. The molecule has 1 amide bonds. The molecule has 3 heterocycles. The average Bonchev–Trinajstić information content (AvgIpc) is 2.59. The summed E-state index contributed by atoms with van der Waals surface area (Å²) in [5.74, 6) is -0.605. The van der Waals surface area contributed by atoms with E-state index in [9.17, 15) is 27.9 Å². The highest BCUT2D eigenvalue weighted by Crippen LogP contribution is 2.37. The van der Waals surface area contributed by atoms with Crippen LogP contribution in [0.3, 0.4) is 0 Å². The molecule has 0 radical (unpaired) electrons. The number of nitrogens with zero attached hydrogens (tertiary/aromatic N) is 1. The monoisotopic (exact) mass is 359 g/mol. The first-order valence-electron chi connectivity index (χ1n) is 8.21. The Kier molecular flexibility index (Phi) is 4.63. The Morgan fingerprint density at radius 3 is 2.80 bits per heavy atom. The second kappa shape index (κ2) is 6.45. The molecule has 2 aliphatic heterocycles. The fourth-order valence-electron chi connectivity index (χ4n) is 3.84. The van der Waals surface area contributed by atoms with Crippen LogP contribution in [0.15, 0.2) is 16.9 Å². The summed E-state index contributed by atoms with van der Waals surface area (Å²) < 4.78 is 37.9. The van der Waals surface area contributed by atoms with Crippen molar-refractivity contribution in [3.63, 3.8) is 0 Å². The van der Waals surface area contributed by atoms with E-state index < -0.39 is 28.8 Å². The number of H-pyrrole nitrogens is 1. The van der Waals surface area contributed by atoms with Crippen molar-refractivity contribution < 1.29 is 23.1 Å². The summed E-state index contributed by atoms with van der Waals surface area (Å²) in [5, 5.41) is 13.2. The van der Waals surface area contributed by atoms with Crippen LogP contribution in [0.5, 0.6) is 0 Å². The van der Waals surface area contributed by atoms with E-state index in [-0.39, 0.29) is 24.8 Å². The zero-order valence-electron chi connectivity index (χ0n) is 13.5. The maximum Gasteiger partial charge on any atom is 0.431 e. The van der Waals surface area contributed by atoms with Crippen molar-refractivity contribution in [2.24, 2.45) is 5.41 Å². The number of piperidine rings is 2. The zero-order valence-corrected chi connectivity index (χ0v) is 13.5. The average molecular weight is 359 g/mol. The van der Waals surface area contributed by atoms with Gasteiger partial charge in [0.15, 0.2) is 0 Å². The van der Waals surface area contributed by atoms with Crippen molar-refractivity contribution in [2.45, 2.75) is 31.5 Å². The third-order valence-corrected chi connectivity index (χ3v) is 5.22. The first-order chi connectivity index (χ1) is 11.8. The quantitative estimate of drug-likeness (QED) is 0.735. The van der Waals surface area contributed by atoms with Gasteiger partial charge in [0.1, 0.15) is 11.3 Å². The molecule has 0 bridgehead atoms. The summed E-state index contributed by atoms with van der Waals surface area (Å²) in [5.41, 5.74) is -3.02. The molecular weight excluding hydrogens is 339 g/mol. The number of hydrogen-bond acceptors (Lipinski definition) is 4. The molecule has 2 aliphatic rings. The van der Waals surface area contributed by atoms with Crippen molar-refractivity contribution in [3.8, 4) is 0 Å². The van der Waals surface area contributed by atoms with Gasteiger partial charge in [0.25, 0.3) is 11.5 Å². The summed E-state index contributed by atoms with van der Waals surface area (Å²) in [6.07, 6.45) is -2.41. The van der Waals surface area contributed by atoms with Crippen molar-refractivity contribution in [2.75, 3.05) is 26.2 Å². The third kappa shape index (κ3) is 3.30. The maximum atomic E-state index is 12.6. The van der Waals surface area contributed by atoms with Crippen LogP contribution in [0.25, 0.3) is 0 Å². The fourth-order valence-corrected chi connectivity index (χ4v) is 3.84. The van der Waals surface area contributed by atoms with Crippen LogP contribution >= 0.6 is 0 Å². The van der Waals surface area contributed by atoms with E-state index in [1.165, 1.54) is 4.90 Å². The van der Waals surface area contributed by atoms with Gasteiger partial charge in [-0.1, -0.05) is 0 Å². The van der Waals surface area contributed by atoms with Gasteiger partial charge in [-0.25, -0.2) is 0 Å². The molecule has 138 valence electrons. The second-order valence-electron chi connectivity index (χ2n) is 6.76. The Morgan fingerprint density at radius 2 is 2.16 bits per heavy atom. The molecule has 1 aromatic rings. The Hall–Kier alpha value is -1.87. The number of pyridine rings is 1. The third-order valence-electron chi connectivity index (χ3n) is 5.22.